The van der Waals surface area contributed by atoms with Crippen LogP contribution in [0.15, 0.2) is 68.6 Å². The molecule has 3 aromatic rings. The first-order valence-corrected chi connectivity index (χ1v) is 11.1. The van der Waals surface area contributed by atoms with Crippen LogP contribution in [0, 0.1) is 6.92 Å². The Kier molecular flexibility index (Phi) is 4.56. The van der Waals surface area contributed by atoms with E-state index in [0.29, 0.717) is 5.25 Å². The Morgan fingerprint density at radius 2 is 2.07 bits per heavy atom. The van der Waals surface area contributed by atoms with E-state index in [1.54, 1.807) is 0 Å². The van der Waals surface area contributed by atoms with Crippen molar-refractivity contribution in [3.63, 3.8) is 0 Å². The number of amidine groups is 1. The fourth-order valence-electron chi connectivity index (χ4n) is 3.90. The number of benzene rings is 1. The van der Waals surface area contributed by atoms with Gasteiger partial charge in [0, 0.05) is 28.0 Å². The predicted octanol–water partition coefficient (Wildman–Crippen LogP) is 6.00. The zero-order valence-corrected chi connectivity index (χ0v) is 18.1. The van der Waals surface area contributed by atoms with Crippen molar-refractivity contribution in [1.29, 1.82) is 0 Å². The molecule has 0 aliphatic carbocycles. The summed E-state index contributed by atoms with van der Waals surface area (Å²) in [6, 6.07) is 16.5. The molecule has 2 aromatic heterocycles. The zero-order valence-electron chi connectivity index (χ0n) is 15.7. The number of aliphatic imine (C=N–C) groups is 1. The maximum atomic E-state index is 6.39. The highest BCUT2D eigenvalue weighted by Gasteiger charge is 2.45. The highest BCUT2D eigenvalue weighted by molar-refractivity contribution is 9.10. The van der Waals surface area contributed by atoms with Gasteiger partial charge >= 0.3 is 0 Å². The number of aryl methyl sites for hydroxylation is 1. The molecule has 0 spiro atoms. The maximum absolute atomic E-state index is 6.39. The molecule has 4 nitrogen and oxygen atoms in total. The number of rotatable bonds is 3. The second kappa shape index (κ2) is 7.08. The van der Waals surface area contributed by atoms with Crippen molar-refractivity contribution in [3.8, 4) is 11.3 Å². The SMILES string of the molecule is Cc1ccc(-c2ccc([C@H]3[C@@H](c4ccccn4)N=C4S[C@@H](C)CN43)o2)c(Br)c1. The minimum Gasteiger partial charge on any atom is -0.459 e. The second-order valence-electron chi connectivity index (χ2n) is 7.32. The quantitative estimate of drug-likeness (QED) is 0.487. The number of thioether (sulfide) groups is 1. The Hall–Kier alpha value is -2.05. The number of hydrogen-bond donors (Lipinski definition) is 0. The van der Waals surface area contributed by atoms with Crippen LogP contribution < -0.4 is 0 Å². The number of furan rings is 1. The van der Waals surface area contributed by atoms with Crippen molar-refractivity contribution in [2.24, 2.45) is 4.99 Å². The summed E-state index contributed by atoms with van der Waals surface area (Å²) in [7, 11) is 0. The Bertz CT molecular complexity index is 1050. The monoisotopic (exact) mass is 453 g/mol. The molecule has 2 aliphatic rings. The Morgan fingerprint density at radius 3 is 2.86 bits per heavy atom. The number of nitrogens with zero attached hydrogens (tertiary/aromatic N) is 3. The molecular weight excluding hydrogens is 434 g/mol. The van der Waals surface area contributed by atoms with Crippen LogP contribution in [0.4, 0.5) is 0 Å². The van der Waals surface area contributed by atoms with Gasteiger partial charge in [-0.3, -0.25) is 4.98 Å². The minimum absolute atomic E-state index is 0.0420. The van der Waals surface area contributed by atoms with E-state index < -0.39 is 0 Å². The molecule has 4 heterocycles. The summed E-state index contributed by atoms with van der Waals surface area (Å²) in [5.41, 5.74) is 3.26. The fraction of sp³-hybridized carbons (Fsp3) is 0.273. The zero-order chi connectivity index (χ0) is 19.3. The van der Waals surface area contributed by atoms with E-state index >= 15 is 0 Å². The predicted molar refractivity (Wildman–Crippen MR) is 117 cm³/mol. The van der Waals surface area contributed by atoms with E-state index in [0.717, 1.165) is 39.0 Å². The van der Waals surface area contributed by atoms with E-state index in [-0.39, 0.29) is 12.1 Å². The summed E-state index contributed by atoms with van der Waals surface area (Å²) >= 11 is 5.51. The van der Waals surface area contributed by atoms with Crippen molar-refractivity contribution in [2.45, 2.75) is 31.2 Å². The Morgan fingerprint density at radius 1 is 1.18 bits per heavy atom. The molecule has 1 fully saturated rings. The average molecular weight is 454 g/mol. The van der Waals surface area contributed by atoms with Gasteiger partial charge in [0.15, 0.2) is 5.17 Å². The molecule has 0 N–H and O–H groups in total. The third-order valence-electron chi connectivity index (χ3n) is 5.19. The molecular formula is C22H20BrN3OS. The molecule has 3 atom stereocenters. The molecule has 6 heteroatoms. The van der Waals surface area contributed by atoms with Gasteiger partial charge in [-0.25, -0.2) is 4.99 Å². The van der Waals surface area contributed by atoms with E-state index in [9.17, 15) is 0 Å². The minimum atomic E-state index is -0.0448. The van der Waals surface area contributed by atoms with E-state index in [1.807, 2.05) is 30.1 Å². The topological polar surface area (TPSA) is 41.6 Å². The number of aromatic nitrogens is 1. The summed E-state index contributed by atoms with van der Waals surface area (Å²) < 4.78 is 7.43. The number of hydrogen-bond acceptors (Lipinski definition) is 5. The third kappa shape index (κ3) is 3.08. The molecule has 1 saturated heterocycles. The first-order chi connectivity index (χ1) is 13.6. The van der Waals surface area contributed by atoms with Gasteiger partial charge in [0.05, 0.1) is 5.69 Å². The molecule has 28 heavy (non-hydrogen) atoms. The van der Waals surface area contributed by atoms with Crippen LogP contribution in [0.3, 0.4) is 0 Å². The Labute approximate surface area is 177 Å². The van der Waals surface area contributed by atoms with Crippen molar-refractivity contribution in [3.05, 3.63) is 76.2 Å². The highest BCUT2D eigenvalue weighted by atomic mass is 79.9. The van der Waals surface area contributed by atoms with Gasteiger partial charge in [0.2, 0.25) is 0 Å². The lowest BCUT2D eigenvalue weighted by atomic mass is 10.0. The first kappa shape index (κ1) is 18.0. The van der Waals surface area contributed by atoms with Crippen LogP contribution in [0.2, 0.25) is 0 Å². The summed E-state index contributed by atoms with van der Waals surface area (Å²) in [6.45, 7) is 5.31. The van der Waals surface area contributed by atoms with Gasteiger partial charge in [0.25, 0.3) is 0 Å². The van der Waals surface area contributed by atoms with Crippen LogP contribution in [-0.4, -0.2) is 26.8 Å². The van der Waals surface area contributed by atoms with Gasteiger partial charge in [-0.15, -0.1) is 0 Å². The molecule has 2 aliphatic heterocycles. The maximum Gasteiger partial charge on any atom is 0.161 e. The van der Waals surface area contributed by atoms with Gasteiger partial charge in [0.1, 0.15) is 23.6 Å². The van der Waals surface area contributed by atoms with Gasteiger partial charge in [-0.05, 0) is 48.9 Å². The molecule has 0 radical (unpaired) electrons. The lowest BCUT2D eigenvalue weighted by molar-refractivity contribution is 0.277. The van der Waals surface area contributed by atoms with Crippen LogP contribution in [-0.2, 0) is 0 Å². The third-order valence-corrected chi connectivity index (χ3v) is 6.95. The molecule has 1 aromatic carbocycles. The van der Waals surface area contributed by atoms with Crippen LogP contribution in [0.1, 0.15) is 36.0 Å². The van der Waals surface area contributed by atoms with Crippen LogP contribution in [0.5, 0.6) is 0 Å². The normalized spacial score (nSPS) is 23.8. The van der Waals surface area contributed by atoms with Gasteiger partial charge in [-0.2, -0.15) is 0 Å². The van der Waals surface area contributed by atoms with Crippen molar-refractivity contribution >= 4 is 32.9 Å². The fourth-order valence-corrected chi connectivity index (χ4v) is 5.68. The van der Waals surface area contributed by atoms with Crippen molar-refractivity contribution < 1.29 is 4.42 Å². The van der Waals surface area contributed by atoms with Crippen molar-refractivity contribution in [2.75, 3.05) is 6.54 Å². The highest BCUT2D eigenvalue weighted by Crippen LogP contribution is 2.48. The second-order valence-corrected chi connectivity index (χ2v) is 9.58. The van der Waals surface area contributed by atoms with E-state index in [1.165, 1.54) is 5.56 Å². The smallest absolute Gasteiger partial charge is 0.161 e. The lowest BCUT2D eigenvalue weighted by Gasteiger charge is -2.25. The Balaban J connectivity index is 1.54. The van der Waals surface area contributed by atoms with E-state index in [2.05, 4.69) is 76.1 Å². The van der Waals surface area contributed by atoms with E-state index in [4.69, 9.17) is 9.41 Å². The molecule has 0 unspecified atom stereocenters. The number of pyridine rings is 1. The van der Waals surface area contributed by atoms with Crippen molar-refractivity contribution in [1.82, 2.24) is 9.88 Å². The lowest BCUT2D eigenvalue weighted by Crippen LogP contribution is -2.28. The van der Waals surface area contributed by atoms with Gasteiger partial charge in [-0.1, -0.05) is 46.7 Å². The summed E-state index contributed by atoms with van der Waals surface area (Å²) in [6.07, 6.45) is 1.84. The first-order valence-electron chi connectivity index (χ1n) is 9.38. The molecule has 0 bridgehead atoms. The van der Waals surface area contributed by atoms with Gasteiger partial charge < -0.3 is 9.32 Å². The largest absolute Gasteiger partial charge is 0.459 e. The molecule has 0 saturated carbocycles. The van der Waals surface area contributed by atoms with Crippen LogP contribution in [0.25, 0.3) is 11.3 Å². The van der Waals surface area contributed by atoms with Crippen LogP contribution >= 0.6 is 27.7 Å². The molecule has 142 valence electrons. The standard InChI is InChI=1S/C22H20BrN3OS/c1-13-6-7-15(16(23)11-13)18-8-9-19(27-18)21-20(17-5-3-4-10-24-17)25-22-26(21)12-14(2)28-22/h3-11,14,20-21H,12H2,1-2H3/t14-,20+,21-/m0/s1. The number of halogens is 1. The summed E-state index contributed by atoms with van der Waals surface area (Å²) in [5.74, 6) is 1.81. The summed E-state index contributed by atoms with van der Waals surface area (Å²) in [5, 5.41) is 1.63. The molecule has 5 rings (SSSR count). The average Bonchev–Trinajstić information content (AvgIpc) is 3.36. The molecule has 0 amide bonds. The summed E-state index contributed by atoms with van der Waals surface area (Å²) in [4.78, 5) is 12.0. The number of fused-ring (bicyclic) bond motifs is 1.